The number of carboxylic acids is 1. The summed E-state index contributed by atoms with van der Waals surface area (Å²) in [5.41, 5.74) is 0. The molecule has 1 saturated carbocycles. The van der Waals surface area contributed by atoms with Crippen LogP contribution in [0.4, 0.5) is 4.79 Å². The summed E-state index contributed by atoms with van der Waals surface area (Å²) in [7, 11) is 1.55. The number of hydrogen-bond donors (Lipinski definition) is 2. The predicted octanol–water partition coefficient (Wildman–Crippen LogP) is 2.17. The van der Waals surface area contributed by atoms with Gasteiger partial charge in [-0.1, -0.05) is 6.92 Å². The van der Waals surface area contributed by atoms with Crippen molar-refractivity contribution < 1.29 is 14.7 Å². The largest absolute Gasteiger partial charge is 0.480 e. The molecule has 0 aromatic rings. The van der Waals surface area contributed by atoms with Crippen molar-refractivity contribution in [3.05, 3.63) is 0 Å². The number of amides is 2. The Labute approximate surface area is 119 Å². The van der Waals surface area contributed by atoms with Crippen LogP contribution in [0.1, 0.15) is 39.0 Å². The monoisotopic (exact) mass is 288 g/mol. The number of rotatable bonds is 5. The standard InChI is InChI=1S/C13H24N2O3S/c1-4-11(12(16)17)15(2)13(18)14-9-5-7-10(19-3)8-6-9/h9-11H,4-8H2,1-3H3,(H,14,18)(H,16,17). The van der Waals surface area contributed by atoms with E-state index < -0.39 is 12.0 Å². The molecule has 0 aromatic heterocycles. The number of thioether (sulfide) groups is 1. The number of nitrogens with zero attached hydrogens (tertiary/aromatic N) is 1. The minimum Gasteiger partial charge on any atom is -0.480 e. The molecule has 0 saturated heterocycles. The molecule has 1 rings (SSSR count). The smallest absolute Gasteiger partial charge is 0.326 e. The molecule has 1 unspecified atom stereocenters. The van der Waals surface area contributed by atoms with Crippen LogP contribution in [-0.4, -0.2) is 52.6 Å². The summed E-state index contributed by atoms with van der Waals surface area (Å²) in [4.78, 5) is 24.3. The lowest BCUT2D eigenvalue weighted by molar-refractivity contribution is -0.141. The van der Waals surface area contributed by atoms with Crippen LogP contribution in [-0.2, 0) is 4.79 Å². The molecule has 2 N–H and O–H groups in total. The average molecular weight is 288 g/mol. The molecule has 0 radical (unpaired) electrons. The Kier molecular flexibility index (Phi) is 6.48. The summed E-state index contributed by atoms with van der Waals surface area (Å²) in [6.45, 7) is 1.77. The van der Waals surface area contributed by atoms with Crippen LogP contribution in [0.3, 0.4) is 0 Å². The van der Waals surface area contributed by atoms with Crippen LogP contribution >= 0.6 is 11.8 Å². The number of carboxylic acid groups (broad SMARTS) is 1. The van der Waals surface area contributed by atoms with E-state index in [0.29, 0.717) is 11.7 Å². The maximum atomic E-state index is 12.0. The molecule has 0 spiro atoms. The average Bonchev–Trinajstić information content (AvgIpc) is 2.39. The quantitative estimate of drug-likeness (QED) is 0.813. The van der Waals surface area contributed by atoms with Crippen LogP contribution in [0.15, 0.2) is 0 Å². The van der Waals surface area contributed by atoms with E-state index >= 15 is 0 Å². The Bertz CT molecular complexity index is 317. The van der Waals surface area contributed by atoms with Gasteiger partial charge in [0, 0.05) is 18.3 Å². The van der Waals surface area contributed by atoms with E-state index in [0.717, 1.165) is 25.7 Å². The van der Waals surface area contributed by atoms with E-state index in [-0.39, 0.29) is 12.1 Å². The summed E-state index contributed by atoms with van der Waals surface area (Å²) in [5, 5.41) is 12.7. The van der Waals surface area contributed by atoms with Gasteiger partial charge in [-0.05, 0) is 38.4 Å². The molecule has 2 amide bonds. The fraction of sp³-hybridized carbons (Fsp3) is 0.846. The van der Waals surface area contributed by atoms with Crippen molar-refractivity contribution in [1.82, 2.24) is 10.2 Å². The Morgan fingerprint density at radius 2 is 1.95 bits per heavy atom. The summed E-state index contributed by atoms with van der Waals surface area (Å²) < 4.78 is 0. The molecule has 0 aliphatic heterocycles. The van der Waals surface area contributed by atoms with Crippen molar-refractivity contribution >= 4 is 23.8 Å². The molecular formula is C13H24N2O3S. The van der Waals surface area contributed by atoms with Gasteiger partial charge in [0.1, 0.15) is 6.04 Å². The Hall–Kier alpha value is -0.910. The van der Waals surface area contributed by atoms with Gasteiger partial charge in [-0.2, -0.15) is 11.8 Å². The van der Waals surface area contributed by atoms with Crippen LogP contribution in [0, 0.1) is 0 Å². The minimum atomic E-state index is -0.953. The topological polar surface area (TPSA) is 69.6 Å². The highest BCUT2D eigenvalue weighted by Gasteiger charge is 2.27. The molecule has 0 heterocycles. The molecule has 1 fully saturated rings. The van der Waals surface area contributed by atoms with E-state index in [1.807, 2.05) is 11.8 Å². The first-order chi connectivity index (χ1) is 8.99. The predicted molar refractivity (Wildman–Crippen MR) is 77.6 cm³/mol. The van der Waals surface area contributed by atoms with E-state index in [1.54, 1.807) is 14.0 Å². The van der Waals surface area contributed by atoms with Crippen LogP contribution in [0.2, 0.25) is 0 Å². The Morgan fingerprint density at radius 3 is 2.37 bits per heavy atom. The van der Waals surface area contributed by atoms with Gasteiger partial charge in [0.15, 0.2) is 0 Å². The van der Waals surface area contributed by atoms with E-state index in [4.69, 9.17) is 5.11 Å². The summed E-state index contributed by atoms with van der Waals surface area (Å²) >= 11 is 1.88. The lowest BCUT2D eigenvalue weighted by Crippen LogP contribution is -2.50. The molecule has 110 valence electrons. The number of nitrogens with one attached hydrogen (secondary N) is 1. The van der Waals surface area contributed by atoms with Gasteiger partial charge < -0.3 is 15.3 Å². The van der Waals surface area contributed by atoms with Gasteiger partial charge in [0.2, 0.25) is 0 Å². The molecule has 19 heavy (non-hydrogen) atoms. The lowest BCUT2D eigenvalue weighted by atomic mass is 9.95. The third-order valence-corrected chi connectivity index (χ3v) is 4.93. The highest BCUT2D eigenvalue weighted by molar-refractivity contribution is 7.99. The number of aliphatic carboxylic acids is 1. The van der Waals surface area contributed by atoms with Crippen molar-refractivity contribution in [3.8, 4) is 0 Å². The maximum Gasteiger partial charge on any atom is 0.326 e. The van der Waals surface area contributed by atoms with Gasteiger partial charge in [-0.25, -0.2) is 9.59 Å². The molecule has 0 bridgehead atoms. The van der Waals surface area contributed by atoms with Crippen LogP contribution in [0.25, 0.3) is 0 Å². The normalized spacial score (nSPS) is 24.6. The highest BCUT2D eigenvalue weighted by Crippen LogP contribution is 2.26. The molecule has 1 aliphatic rings. The first-order valence-electron chi connectivity index (χ1n) is 6.78. The Morgan fingerprint density at radius 1 is 1.37 bits per heavy atom. The zero-order valence-electron chi connectivity index (χ0n) is 11.9. The molecule has 0 aromatic carbocycles. The molecule has 5 nitrogen and oxygen atoms in total. The van der Waals surface area contributed by atoms with Crippen molar-refractivity contribution in [3.63, 3.8) is 0 Å². The van der Waals surface area contributed by atoms with Gasteiger partial charge in [-0.3, -0.25) is 0 Å². The van der Waals surface area contributed by atoms with E-state index in [2.05, 4.69) is 11.6 Å². The number of likely N-dealkylation sites (N-methyl/N-ethyl adjacent to an activating group) is 1. The van der Waals surface area contributed by atoms with Gasteiger partial charge in [0.25, 0.3) is 0 Å². The maximum absolute atomic E-state index is 12.0. The number of carbonyl (C=O) groups excluding carboxylic acids is 1. The number of urea groups is 1. The highest BCUT2D eigenvalue weighted by atomic mass is 32.2. The lowest BCUT2D eigenvalue weighted by Gasteiger charge is -2.31. The van der Waals surface area contributed by atoms with Gasteiger partial charge in [-0.15, -0.1) is 0 Å². The zero-order chi connectivity index (χ0) is 14.4. The second-order valence-electron chi connectivity index (χ2n) is 5.03. The minimum absolute atomic E-state index is 0.185. The first kappa shape index (κ1) is 16.1. The number of carbonyl (C=O) groups is 2. The zero-order valence-corrected chi connectivity index (χ0v) is 12.7. The third kappa shape index (κ3) is 4.60. The summed E-state index contributed by atoms with van der Waals surface area (Å²) in [5.74, 6) is -0.953. The van der Waals surface area contributed by atoms with E-state index in [9.17, 15) is 9.59 Å². The van der Waals surface area contributed by atoms with E-state index in [1.165, 1.54) is 4.90 Å². The molecule has 1 aliphatic carbocycles. The summed E-state index contributed by atoms with van der Waals surface area (Å²) in [6.07, 6.45) is 6.73. The molecule has 1 atom stereocenters. The van der Waals surface area contributed by atoms with Crippen LogP contribution < -0.4 is 5.32 Å². The van der Waals surface area contributed by atoms with Gasteiger partial charge in [0.05, 0.1) is 0 Å². The second kappa shape index (κ2) is 7.62. The third-order valence-electron chi connectivity index (χ3n) is 3.79. The second-order valence-corrected chi connectivity index (χ2v) is 6.17. The molecular weight excluding hydrogens is 264 g/mol. The van der Waals surface area contributed by atoms with Crippen LogP contribution in [0.5, 0.6) is 0 Å². The van der Waals surface area contributed by atoms with Crippen molar-refractivity contribution in [2.24, 2.45) is 0 Å². The fourth-order valence-corrected chi connectivity index (χ4v) is 3.22. The first-order valence-corrected chi connectivity index (χ1v) is 8.07. The molecule has 6 heteroatoms. The fourth-order valence-electron chi connectivity index (χ4n) is 2.47. The van der Waals surface area contributed by atoms with Crippen molar-refractivity contribution in [2.75, 3.05) is 13.3 Å². The van der Waals surface area contributed by atoms with Crippen molar-refractivity contribution in [2.45, 2.75) is 56.4 Å². The van der Waals surface area contributed by atoms with Gasteiger partial charge >= 0.3 is 12.0 Å². The van der Waals surface area contributed by atoms with Crippen molar-refractivity contribution in [1.29, 1.82) is 0 Å². The number of hydrogen-bond acceptors (Lipinski definition) is 3. The Balaban J connectivity index is 2.44. The SMILES string of the molecule is CCC(C(=O)O)N(C)C(=O)NC1CCC(SC)CC1. The summed E-state index contributed by atoms with van der Waals surface area (Å²) in [6, 6.07) is -0.839.